The van der Waals surface area contributed by atoms with Gasteiger partial charge in [0.15, 0.2) is 0 Å². The second-order valence-electron chi connectivity index (χ2n) is 4.57. The van der Waals surface area contributed by atoms with Gasteiger partial charge < -0.3 is 0 Å². The Hall–Kier alpha value is 0.290. The molecule has 1 heteroatoms. The van der Waals surface area contributed by atoms with Crippen LogP contribution in [0.3, 0.4) is 0 Å². The molecule has 0 amide bonds. The van der Waals surface area contributed by atoms with E-state index in [0.717, 1.165) is 6.42 Å². The van der Waals surface area contributed by atoms with Gasteiger partial charge in [0.2, 0.25) is 0 Å². The molecular formula is C14H28Cl. The molecule has 0 heterocycles. The van der Waals surface area contributed by atoms with E-state index in [1.54, 1.807) is 0 Å². The van der Waals surface area contributed by atoms with E-state index in [-0.39, 0.29) is 5.38 Å². The predicted octanol–water partition coefficient (Wildman–Crippen LogP) is 5.74. The van der Waals surface area contributed by atoms with Crippen molar-refractivity contribution in [2.24, 2.45) is 0 Å². The zero-order valence-electron chi connectivity index (χ0n) is 10.4. The summed E-state index contributed by atoms with van der Waals surface area (Å²) in [4.78, 5) is 0. The van der Waals surface area contributed by atoms with Crippen LogP contribution in [-0.4, -0.2) is 5.38 Å². The lowest BCUT2D eigenvalue weighted by atomic mass is 10.1. The summed E-state index contributed by atoms with van der Waals surface area (Å²) in [5.41, 5.74) is 0. The highest BCUT2D eigenvalue weighted by molar-refractivity contribution is 6.21. The minimum absolute atomic E-state index is 0.124. The number of alkyl halides is 1. The quantitative estimate of drug-likeness (QED) is 0.314. The van der Waals surface area contributed by atoms with Crippen LogP contribution in [0, 0.1) is 6.92 Å². The molecule has 0 nitrogen and oxygen atoms in total. The Morgan fingerprint density at radius 1 is 0.800 bits per heavy atom. The molecule has 0 saturated heterocycles. The normalized spacial score (nSPS) is 13.0. The van der Waals surface area contributed by atoms with E-state index in [0.29, 0.717) is 0 Å². The van der Waals surface area contributed by atoms with E-state index in [9.17, 15) is 0 Å². The number of halogens is 1. The molecule has 1 radical (unpaired) electrons. The van der Waals surface area contributed by atoms with Gasteiger partial charge in [-0.1, -0.05) is 71.1 Å². The van der Waals surface area contributed by atoms with Gasteiger partial charge in [-0.25, -0.2) is 0 Å². The molecule has 0 aromatic rings. The van der Waals surface area contributed by atoms with E-state index in [4.69, 9.17) is 11.6 Å². The summed E-state index contributed by atoms with van der Waals surface area (Å²) >= 11 is 5.78. The molecule has 15 heavy (non-hydrogen) atoms. The SMILES string of the molecule is [CH2]C(Cl)CCCCCCCCCCCC. The van der Waals surface area contributed by atoms with Gasteiger partial charge in [0, 0.05) is 5.38 Å². The zero-order chi connectivity index (χ0) is 11.4. The topological polar surface area (TPSA) is 0 Å². The van der Waals surface area contributed by atoms with Crippen LogP contribution < -0.4 is 0 Å². The summed E-state index contributed by atoms with van der Waals surface area (Å²) in [7, 11) is 0. The van der Waals surface area contributed by atoms with Crippen molar-refractivity contribution in [3.05, 3.63) is 6.92 Å². The molecule has 0 aliphatic rings. The highest BCUT2D eigenvalue weighted by Gasteiger charge is 1.96. The van der Waals surface area contributed by atoms with Crippen molar-refractivity contribution >= 4 is 11.6 Å². The van der Waals surface area contributed by atoms with Crippen LogP contribution in [-0.2, 0) is 0 Å². The molecule has 0 aliphatic heterocycles. The fraction of sp³-hybridized carbons (Fsp3) is 0.929. The smallest absolute Gasteiger partial charge is 0.0336 e. The van der Waals surface area contributed by atoms with Crippen molar-refractivity contribution in [2.75, 3.05) is 0 Å². The summed E-state index contributed by atoms with van der Waals surface area (Å²) < 4.78 is 0. The molecule has 0 N–H and O–H groups in total. The lowest BCUT2D eigenvalue weighted by molar-refractivity contribution is 0.551. The molecule has 0 fully saturated rings. The first-order valence-electron chi connectivity index (χ1n) is 6.74. The van der Waals surface area contributed by atoms with Crippen molar-refractivity contribution in [1.82, 2.24) is 0 Å². The lowest BCUT2D eigenvalue weighted by Crippen LogP contribution is -1.90. The molecular weight excluding hydrogens is 204 g/mol. The Morgan fingerprint density at radius 3 is 1.60 bits per heavy atom. The first-order valence-corrected chi connectivity index (χ1v) is 7.18. The highest BCUT2D eigenvalue weighted by Crippen LogP contribution is 2.12. The van der Waals surface area contributed by atoms with Crippen LogP contribution in [0.15, 0.2) is 0 Å². The Balaban J connectivity index is 2.87. The van der Waals surface area contributed by atoms with Gasteiger partial charge >= 0.3 is 0 Å². The molecule has 1 atom stereocenters. The van der Waals surface area contributed by atoms with Gasteiger partial charge in [0.25, 0.3) is 0 Å². The van der Waals surface area contributed by atoms with Gasteiger partial charge in [0.05, 0.1) is 0 Å². The maximum Gasteiger partial charge on any atom is 0.0336 e. The fourth-order valence-corrected chi connectivity index (χ4v) is 2.01. The fourth-order valence-electron chi connectivity index (χ4n) is 1.85. The van der Waals surface area contributed by atoms with Gasteiger partial charge in [-0.05, 0) is 13.3 Å². The van der Waals surface area contributed by atoms with E-state index < -0.39 is 0 Å². The van der Waals surface area contributed by atoms with E-state index in [1.807, 2.05) is 0 Å². The number of hydrogen-bond acceptors (Lipinski definition) is 0. The molecule has 0 saturated carbocycles. The third-order valence-electron chi connectivity index (χ3n) is 2.87. The van der Waals surface area contributed by atoms with E-state index in [2.05, 4.69) is 13.8 Å². The standard InChI is InChI=1S/C14H28Cl/c1-3-4-5-6-7-8-9-10-11-12-13-14(2)15/h14H,2-13H2,1H3. The Labute approximate surface area is 102 Å². The molecule has 1 unspecified atom stereocenters. The van der Waals surface area contributed by atoms with E-state index >= 15 is 0 Å². The maximum atomic E-state index is 5.78. The van der Waals surface area contributed by atoms with Crippen LogP contribution in [0.2, 0.25) is 0 Å². The van der Waals surface area contributed by atoms with Gasteiger partial charge in [-0.15, -0.1) is 11.6 Å². The molecule has 0 bridgehead atoms. The van der Waals surface area contributed by atoms with Crippen molar-refractivity contribution in [2.45, 2.75) is 82.9 Å². The molecule has 0 aromatic heterocycles. The van der Waals surface area contributed by atoms with Crippen LogP contribution >= 0.6 is 11.6 Å². The van der Waals surface area contributed by atoms with E-state index in [1.165, 1.54) is 64.2 Å². The van der Waals surface area contributed by atoms with Crippen molar-refractivity contribution in [1.29, 1.82) is 0 Å². The third kappa shape index (κ3) is 14.3. The Bertz CT molecular complexity index is 110. The molecule has 0 aromatic carbocycles. The van der Waals surface area contributed by atoms with Crippen LogP contribution in [0.5, 0.6) is 0 Å². The molecule has 0 spiro atoms. The minimum Gasteiger partial charge on any atom is -0.123 e. The summed E-state index contributed by atoms with van der Waals surface area (Å²) in [5.74, 6) is 0. The summed E-state index contributed by atoms with van der Waals surface area (Å²) in [5, 5.41) is 0.124. The van der Waals surface area contributed by atoms with Gasteiger partial charge in [-0.3, -0.25) is 0 Å². The number of unbranched alkanes of at least 4 members (excludes halogenated alkanes) is 9. The molecule has 0 aliphatic carbocycles. The lowest BCUT2D eigenvalue weighted by Gasteiger charge is -2.03. The average molecular weight is 232 g/mol. The Kier molecular flexibility index (Phi) is 12.6. The summed E-state index contributed by atoms with van der Waals surface area (Å²) in [6, 6.07) is 0. The first kappa shape index (κ1) is 15.3. The average Bonchev–Trinajstić information content (AvgIpc) is 2.20. The summed E-state index contributed by atoms with van der Waals surface area (Å²) in [6.45, 7) is 6.05. The first-order chi connectivity index (χ1) is 7.27. The highest BCUT2D eigenvalue weighted by atomic mass is 35.5. The maximum absolute atomic E-state index is 5.78. The molecule has 91 valence electrons. The van der Waals surface area contributed by atoms with Crippen LogP contribution in [0.4, 0.5) is 0 Å². The van der Waals surface area contributed by atoms with Crippen molar-refractivity contribution < 1.29 is 0 Å². The second-order valence-corrected chi connectivity index (χ2v) is 5.19. The van der Waals surface area contributed by atoms with Gasteiger partial charge in [-0.2, -0.15) is 0 Å². The zero-order valence-corrected chi connectivity index (χ0v) is 11.2. The monoisotopic (exact) mass is 231 g/mol. The second kappa shape index (κ2) is 12.4. The van der Waals surface area contributed by atoms with Gasteiger partial charge in [0.1, 0.15) is 0 Å². The largest absolute Gasteiger partial charge is 0.123 e. The van der Waals surface area contributed by atoms with Crippen molar-refractivity contribution in [3.8, 4) is 0 Å². The molecule has 0 rings (SSSR count). The predicted molar refractivity (Wildman–Crippen MR) is 71.5 cm³/mol. The van der Waals surface area contributed by atoms with Crippen LogP contribution in [0.1, 0.15) is 77.6 Å². The van der Waals surface area contributed by atoms with Crippen molar-refractivity contribution in [3.63, 3.8) is 0 Å². The van der Waals surface area contributed by atoms with Crippen LogP contribution in [0.25, 0.3) is 0 Å². The minimum atomic E-state index is 0.124. The number of rotatable bonds is 11. The summed E-state index contributed by atoms with van der Waals surface area (Å²) in [6.07, 6.45) is 15.0. The Morgan fingerprint density at radius 2 is 1.20 bits per heavy atom. The third-order valence-corrected chi connectivity index (χ3v) is 3.09. The number of hydrogen-bond donors (Lipinski definition) is 0.